The minimum Gasteiger partial charge on any atom is -0.383 e. The smallest absolute Gasteiger partial charge is 0.152 e. The van der Waals surface area contributed by atoms with E-state index in [1.165, 1.54) is 12.8 Å². The van der Waals surface area contributed by atoms with Gasteiger partial charge in [-0.2, -0.15) is 0 Å². The Morgan fingerprint density at radius 1 is 1.22 bits per heavy atom. The molecule has 0 atom stereocenters. The van der Waals surface area contributed by atoms with Gasteiger partial charge in [-0.15, -0.1) is 0 Å². The van der Waals surface area contributed by atoms with E-state index in [9.17, 15) is 4.79 Å². The van der Waals surface area contributed by atoms with Gasteiger partial charge in [-0.3, -0.25) is 4.79 Å². The average molecular weight is 334 g/mol. The van der Waals surface area contributed by atoms with Crippen molar-refractivity contribution in [2.45, 2.75) is 18.9 Å². The second kappa shape index (κ2) is 6.17. The third-order valence-electron chi connectivity index (χ3n) is 5.13. The third kappa shape index (κ3) is 2.98. The standard InChI is InChI=1S/C18H24ClN3O/c1-21(2)7-6-14-15(10-23)16(19)4-5-17(14)22(3)13-8-18(9-13)11-20-12-18/h4-7,10,13,20H,8-9,11-12H2,1-3H3/b7-6-. The zero-order valence-corrected chi connectivity index (χ0v) is 14.7. The van der Waals surface area contributed by atoms with Crippen molar-refractivity contribution in [3.05, 3.63) is 34.5 Å². The van der Waals surface area contributed by atoms with E-state index in [1.807, 2.05) is 43.4 Å². The number of halogens is 1. The maximum absolute atomic E-state index is 11.5. The lowest BCUT2D eigenvalue weighted by atomic mass is 9.61. The number of anilines is 1. The van der Waals surface area contributed by atoms with E-state index in [4.69, 9.17) is 11.6 Å². The second-order valence-electron chi connectivity index (χ2n) is 7.07. The van der Waals surface area contributed by atoms with E-state index < -0.39 is 0 Å². The minimum atomic E-state index is 0.504. The van der Waals surface area contributed by atoms with Gasteiger partial charge in [-0.25, -0.2) is 0 Å². The molecular weight excluding hydrogens is 310 g/mol. The lowest BCUT2D eigenvalue weighted by molar-refractivity contribution is 0.0373. The van der Waals surface area contributed by atoms with Crippen molar-refractivity contribution >= 4 is 29.7 Å². The van der Waals surface area contributed by atoms with Crippen molar-refractivity contribution in [1.82, 2.24) is 10.2 Å². The molecule has 1 aliphatic carbocycles. The Labute approximate surface area is 143 Å². The Morgan fingerprint density at radius 3 is 2.43 bits per heavy atom. The van der Waals surface area contributed by atoms with Crippen LogP contribution < -0.4 is 10.2 Å². The molecule has 4 nitrogen and oxygen atoms in total. The van der Waals surface area contributed by atoms with Crippen molar-refractivity contribution in [1.29, 1.82) is 0 Å². The van der Waals surface area contributed by atoms with Gasteiger partial charge in [0.05, 0.1) is 5.02 Å². The Balaban J connectivity index is 1.89. The largest absolute Gasteiger partial charge is 0.383 e. The van der Waals surface area contributed by atoms with E-state index in [2.05, 4.69) is 17.3 Å². The molecule has 0 bridgehead atoms. The highest BCUT2D eigenvalue weighted by atomic mass is 35.5. The van der Waals surface area contributed by atoms with Crippen LogP contribution in [0.2, 0.25) is 5.02 Å². The van der Waals surface area contributed by atoms with Gasteiger partial charge in [0.1, 0.15) is 0 Å². The molecule has 3 rings (SSSR count). The summed E-state index contributed by atoms with van der Waals surface area (Å²) in [6, 6.07) is 4.38. The SMILES string of the molecule is CN(C)/C=C\c1c(N(C)C2CC3(CNC3)C2)ccc(Cl)c1C=O. The van der Waals surface area contributed by atoms with E-state index in [1.54, 1.807) is 0 Å². The Bertz CT molecular complexity index is 629. The van der Waals surface area contributed by atoms with Crippen LogP contribution in [0.4, 0.5) is 5.69 Å². The molecule has 23 heavy (non-hydrogen) atoms. The summed E-state index contributed by atoms with van der Waals surface area (Å²) in [5, 5.41) is 3.88. The Kier molecular flexibility index (Phi) is 4.39. The first-order valence-corrected chi connectivity index (χ1v) is 8.39. The number of rotatable bonds is 5. The van der Waals surface area contributed by atoms with E-state index in [0.29, 0.717) is 22.0 Å². The number of hydrogen-bond donors (Lipinski definition) is 1. The fraction of sp³-hybridized carbons (Fsp3) is 0.500. The number of benzene rings is 1. The number of nitrogens with zero attached hydrogens (tertiary/aromatic N) is 2. The number of carbonyl (C=O) groups excluding carboxylic acids is 1. The maximum atomic E-state index is 11.5. The van der Waals surface area contributed by atoms with Crippen LogP contribution in [0, 0.1) is 5.41 Å². The summed E-state index contributed by atoms with van der Waals surface area (Å²) in [5.41, 5.74) is 3.06. The van der Waals surface area contributed by atoms with E-state index in [0.717, 1.165) is 30.6 Å². The van der Waals surface area contributed by atoms with Crippen LogP contribution in [0.25, 0.3) is 6.08 Å². The first-order valence-electron chi connectivity index (χ1n) is 8.02. The Morgan fingerprint density at radius 2 is 1.91 bits per heavy atom. The van der Waals surface area contributed by atoms with Gasteiger partial charge in [0, 0.05) is 57.1 Å². The average Bonchev–Trinajstić information content (AvgIpc) is 2.41. The molecule has 1 N–H and O–H groups in total. The topological polar surface area (TPSA) is 35.6 Å². The molecule has 1 aromatic rings. The minimum absolute atomic E-state index is 0.504. The maximum Gasteiger partial charge on any atom is 0.152 e. The molecule has 0 unspecified atom stereocenters. The van der Waals surface area contributed by atoms with Crippen LogP contribution in [0.15, 0.2) is 18.3 Å². The highest BCUT2D eigenvalue weighted by Crippen LogP contribution is 2.47. The first kappa shape index (κ1) is 16.3. The molecule has 1 saturated carbocycles. The van der Waals surface area contributed by atoms with Crippen LogP contribution >= 0.6 is 11.6 Å². The summed E-state index contributed by atoms with van der Waals surface area (Å²) in [6.07, 6.45) is 7.21. The van der Waals surface area contributed by atoms with Crippen molar-refractivity contribution in [3.8, 4) is 0 Å². The molecule has 124 valence electrons. The number of hydrogen-bond acceptors (Lipinski definition) is 4. The lowest BCUT2D eigenvalue weighted by Crippen LogP contribution is -2.64. The van der Waals surface area contributed by atoms with Crippen LogP contribution in [-0.2, 0) is 0 Å². The van der Waals surface area contributed by atoms with Crippen LogP contribution in [0.1, 0.15) is 28.8 Å². The molecule has 0 radical (unpaired) electrons. The van der Waals surface area contributed by atoms with Gasteiger partial charge in [0.15, 0.2) is 6.29 Å². The van der Waals surface area contributed by atoms with Crippen molar-refractivity contribution < 1.29 is 4.79 Å². The monoisotopic (exact) mass is 333 g/mol. The number of aldehydes is 1. The predicted octanol–water partition coefficient (Wildman–Crippen LogP) is 2.87. The molecule has 1 saturated heterocycles. The number of carbonyl (C=O) groups is 1. The van der Waals surface area contributed by atoms with Gasteiger partial charge < -0.3 is 15.1 Å². The first-order chi connectivity index (χ1) is 11.0. The van der Waals surface area contributed by atoms with Gasteiger partial charge in [-0.1, -0.05) is 11.6 Å². The summed E-state index contributed by atoms with van der Waals surface area (Å²) in [5.74, 6) is 0. The summed E-state index contributed by atoms with van der Waals surface area (Å²) in [6.45, 7) is 2.29. The molecule has 1 aliphatic heterocycles. The zero-order valence-electron chi connectivity index (χ0n) is 14.0. The molecule has 2 fully saturated rings. The summed E-state index contributed by atoms with van der Waals surface area (Å²) < 4.78 is 0. The predicted molar refractivity (Wildman–Crippen MR) is 96.3 cm³/mol. The van der Waals surface area contributed by atoms with Crippen molar-refractivity contribution in [2.75, 3.05) is 39.1 Å². The molecule has 1 heterocycles. The third-order valence-corrected chi connectivity index (χ3v) is 5.46. The summed E-state index contributed by atoms with van der Waals surface area (Å²) in [7, 11) is 6.04. The fourth-order valence-corrected chi connectivity index (χ4v) is 3.81. The van der Waals surface area contributed by atoms with Crippen LogP contribution in [-0.4, -0.2) is 51.5 Å². The Hall–Kier alpha value is -1.52. The van der Waals surface area contributed by atoms with Crippen molar-refractivity contribution in [3.63, 3.8) is 0 Å². The highest BCUT2D eigenvalue weighted by Gasteiger charge is 2.49. The molecule has 0 amide bonds. The second-order valence-corrected chi connectivity index (χ2v) is 7.47. The van der Waals surface area contributed by atoms with E-state index in [-0.39, 0.29) is 0 Å². The quantitative estimate of drug-likeness (QED) is 0.840. The van der Waals surface area contributed by atoms with Crippen LogP contribution in [0.5, 0.6) is 0 Å². The normalized spacial score (nSPS) is 19.5. The van der Waals surface area contributed by atoms with Crippen LogP contribution in [0.3, 0.4) is 0 Å². The van der Waals surface area contributed by atoms with E-state index >= 15 is 0 Å². The number of nitrogens with one attached hydrogen (secondary N) is 1. The highest BCUT2D eigenvalue weighted by molar-refractivity contribution is 6.33. The van der Waals surface area contributed by atoms with Crippen molar-refractivity contribution in [2.24, 2.45) is 5.41 Å². The van der Waals surface area contributed by atoms with Gasteiger partial charge in [0.2, 0.25) is 0 Å². The summed E-state index contributed by atoms with van der Waals surface area (Å²) >= 11 is 6.22. The molecule has 1 aromatic carbocycles. The lowest BCUT2D eigenvalue weighted by Gasteiger charge is -2.57. The molecule has 2 aliphatic rings. The van der Waals surface area contributed by atoms with Gasteiger partial charge in [-0.05, 0) is 42.7 Å². The van der Waals surface area contributed by atoms with Gasteiger partial charge in [0.25, 0.3) is 0 Å². The molecule has 5 heteroatoms. The zero-order chi connectivity index (χ0) is 16.6. The molecule has 0 aromatic heterocycles. The molecule has 1 spiro atoms. The summed E-state index contributed by atoms with van der Waals surface area (Å²) in [4.78, 5) is 15.8. The fourth-order valence-electron chi connectivity index (χ4n) is 3.60. The van der Waals surface area contributed by atoms with Gasteiger partial charge >= 0.3 is 0 Å². The molecular formula is C18H24ClN3O.